The highest BCUT2D eigenvalue weighted by Gasteiger charge is 2.15. The van der Waals surface area contributed by atoms with Crippen LogP contribution in [0.3, 0.4) is 0 Å². The first-order valence-electron chi connectivity index (χ1n) is 9.98. The van der Waals surface area contributed by atoms with E-state index < -0.39 is 17.2 Å². The number of nitrogens with zero attached hydrogens (tertiary/aromatic N) is 1. The van der Waals surface area contributed by atoms with Crippen LogP contribution in [0, 0.1) is 10.1 Å². The van der Waals surface area contributed by atoms with Crippen molar-refractivity contribution in [2.24, 2.45) is 0 Å². The second-order valence-electron chi connectivity index (χ2n) is 6.19. The summed E-state index contributed by atoms with van der Waals surface area (Å²) in [7, 11) is 3.17. The van der Waals surface area contributed by atoms with Crippen LogP contribution in [-0.4, -0.2) is 97.5 Å². The van der Waals surface area contributed by atoms with Crippen molar-refractivity contribution >= 4 is 11.8 Å². The van der Waals surface area contributed by atoms with Gasteiger partial charge in [0, 0.05) is 26.4 Å². The smallest absolute Gasteiger partial charge is 0.431 e. The number of carbonyl (C=O) groups excluding carboxylic acids is 1. The lowest BCUT2D eigenvalue weighted by molar-refractivity contribution is -0.384. The molecule has 1 aromatic carbocycles. The average Bonchev–Trinajstić information content (AvgIpc) is 2.78. The standard InChI is InChI=1S/C20H31NO11/c1-25-7-9-27-11-12-29-15-19(30-14-13-28-10-8-26-2)16-31-20(22)32-18-5-3-17(4-6-18)21(23)24/h3-6,19H,7-16H2,1-2H3. The van der Waals surface area contributed by atoms with Crippen LogP contribution >= 0.6 is 0 Å². The van der Waals surface area contributed by atoms with E-state index in [4.69, 9.17) is 37.9 Å². The second kappa shape index (κ2) is 18.2. The van der Waals surface area contributed by atoms with Gasteiger partial charge in [0.1, 0.15) is 18.5 Å². The van der Waals surface area contributed by atoms with Gasteiger partial charge < -0.3 is 37.9 Å². The lowest BCUT2D eigenvalue weighted by atomic mass is 10.3. The molecule has 1 unspecified atom stereocenters. The van der Waals surface area contributed by atoms with Gasteiger partial charge in [0.05, 0.1) is 64.4 Å². The van der Waals surface area contributed by atoms with Crippen molar-refractivity contribution in [3.63, 3.8) is 0 Å². The summed E-state index contributed by atoms with van der Waals surface area (Å²) in [5.41, 5.74) is -0.116. The fraction of sp³-hybridized carbons (Fsp3) is 0.650. The van der Waals surface area contributed by atoms with Gasteiger partial charge in [-0.2, -0.15) is 0 Å². The lowest BCUT2D eigenvalue weighted by Crippen LogP contribution is -2.30. The minimum absolute atomic E-state index is 0.116. The number of hydrogen-bond acceptors (Lipinski definition) is 11. The van der Waals surface area contributed by atoms with Gasteiger partial charge in [0.25, 0.3) is 5.69 Å². The van der Waals surface area contributed by atoms with Crippen molar-refractivity contribution in [3.8, 4) is 5.75 Å². The fourth-order valence-corrected chi connectivity index (χ4v) is 2.16. The first-order valence-corrected chi connectivity index (χ1v) is 9.98. The third-order valence-corrected chi connectivity index (χ3v) is 3.76. The van der Waals surface area contributed by atoms with Gasteiger partial charge in [-0.15, -0.1) is 0 Å². The van der Waals surface area contributed by atoms with Crippen molar-refractivity contribution in [3.05, 3.63) is 34.4 Å². The molecule has 0 heterocycles. The Morgan fingerprint density at radius 2 is 1.41 bits per heavy atom. The molecule has 1 aromatic rings. The highest BCUT2D eigenvalue weighted by atomic mass is 16.7. The Labute approximate surface area is 186 Å². The molecule has 0 amide bonds. The molecule has 12 nitrogen and oxygen atoms in total. The van der Waals surface area contributed by atoms with E-state index in [1.807, 2.05) is 0 Å². The molecule has 1 atom stereocenters. The van der Waals surface area contributed by atoms with Crippen LogP contribution in [-0.2, 0) is 33.2 Å². The maximum absolute atomic E-state index is 11.9. The number of benzene rings is 1. The van der Waals surface area contributed by atoms with E-state index in [1.165, 1.54) is 24.3 Å². The minimum Gasteiger partial charge on any atom is -0.431 e. The normalized spacial score (nSPS) is 11.8. The SMILES string of the molecule is COCCOCCOCC(COC(=O)Oc1ccc([N+](=O)[O-])cc1)OCCOCCOC. The molecule has 0 fully saturated rings. The Bertz CT molecular complexity index is 626. The molecule has 0 aliphatic carbocycles. The molecule has 0 saturated carbocycles. The highest BCUT2D eigenvalue weighted by Crippen LogP contribution is 2.17. The Morgan fingerprint density at radius 1 is 0.844 bits per heavy atom. The number of methoxy groups -OCH3 is 2. The van der Waals surface area contributed by atoms with E-state index >= 15 is 0 Å². The molecule has 0 aliphatic rings. The third-order valence-electron chi connectivity index (χ3n) is 3.76. The van der Waals surface area contributed by atoms with Crippen LogP contribution < -0.4 is 4.74 Å². The van der Waals surface area contributed by atoms with Crippen LogP contribution in [0.2, 0.25) is 0 Å². The van der Waals surface area contributed by atoms with E-state index in [0.29, 0.717) is 46.2 Å². The predicted molar refractivity (Wildman–Crippen MR) is 111 cm³/mol. The fourth-order valence-electron chi connectivity index (χ4n) is 2.16. The van der Waals surface area contributed by atoms with Crippen molar-refractivity contribution in [2.75, 3.05) is 80.3 Å². The van der Waals surface area contributed by atoms with E-state index in [0.717, 1.165) is 0 Å². The summed E-state index contributed by atoms with van der Waals surface area (Å²) in [6, 6.07) is 5.05. The predicted octanol–water partition coefficient (Wildman–Crippen LogP) is 1.84. The van der Waals surface area contributed by atoms with Crippen LogP contribution in [0.15, 0.2) is 24.3 Å². The summed E-state index contributed by atoms with van der Waals surface area (Å²) >= 11 is 0. The number of hydrogen-bond donors (Lipinski definition) is 0. The monoisotopic (exact) mass is 461 g/mol. The Morgan fingerprint density at radius 3 is 2.00 bits per heavy atom. The lowest BCUT2D eigenvalue weighted by Gasteiger charge is -2.18. The first kappa shape index (κ1) is 27.7. The van der Waals surface area contributed by atoms with E-state index in [-0.39, 0.29) is 31.3 Å². The first-order chi connectivity index (χ1) is 15.6. The van der Waals surface area contributed by atoms with Gasteiger partial charge in [-0.3, -0.25) is 10.1 Å². The average molecular weight is 461 g/mol. The third kappa shape index (κ3) is 13.9. The summed E-state index contributed by atoms with van der Waals surface area (Å²) in [6.45, 7) is 3.27. The Hall–Kier alpha value is -2.35. The molecular weight excluding hydrogens is 430 g/mol. The number of rotatable bonds is 19. The maximum Gasteiger partial charge on any atom is 0.513 e. The molecular formula is C20H31NO11. The van der Waals surface area contributed by atoms with Crippen LogP contribution in [0.1, 0.15) is 0 Å². The Kier molecular flexibility index (Phi) is 15.8. The van der Waals surface area contributed by atoms with Crippen molar-refractivity contribution in [1.82, 2.24) is 0 Å². The largest absolute Gasteiger partial charge is 0.513 e. The maximum atomic E-state index is 11.9. The van der Waals surface area contributed by atoms with Gasteiger partial charge in [-0.05, 0) is 12.1 Å². The molecule has 12 heteroatoms. The second-order valence-corrected chi connectivity index (χ2v) is 6.19. The zero-order chi connectivity index (χ0) is 23.4. The molecule has 0 radical (unpaired) electrons. The molecule has 0 spiro atoms. The zero-order valence-corrected chi connectivity index (χ0v) is 18.4. The van der Waals surface area contributed by atoms with Gasteiger partial charge in [-0.25, -0.2) is 4.79 Å². The van der Waals surface area contributed by atoms with E-state index in [2.05, 4.69) is 0 Å². The molecule has 1 rings (SSSR count). The topological polar surface area (TPSA) is 134 Å². The van der Waals surface area contributed by atoms with Crippen molar-refractivity contribution < 1.29 is 47.6 Å². The van der Waals surface area contributed by atoms with Gasteiger partial charge >= 0.3 is 6.16 Å². The van der Waals surface area contributed by atoms with Crippen molar-refractivity contribution in [2.45, 2.75) is 6.10 Å². The molecule has 32 heavy (non-hydrogen) atoms. The molecule has 0 N–H and O–H groups in total. The van der Waals surface area contributed by atoms with Crippen molar-refractivity contribution in [1.29, 1.82) is 0 Å². The van der Waals surface area contributed by atoms with Crippen LogP contribution in [0.4, 0.5) is 10.5 Å². The van der Waals surface area contributed by atoms with Gasteiger partial charge in [0.15, 0.2) is 0 Å². The summed E-state index contributed by atoms with van der Waals surface area (Å²) in [4.78, 5) is 22.0. The molecule has 0 aromatic heterocycles. The van der Waals surface area contributed by atoms with E-state index in [1.54, 1.807) is 14.2 Å². The van der Waals surface area contributed by atoms with Gasteiger partial charge in [0.2, 0.25) is 0 Å². The van der Waals surface area contributed by atoms with E-state index in [9.17, 15) is 14.9 Å². The molecule has 182 valence electrons. The van der Waals surface area contributed by atoms with Crippen LogP contribution in [0.5, 0.6) is 5.75 Å². The molecule has 0 bridgehead atoms. The Balaban J connectivity index is 2.37. The molecule has 0 saturated heterocycles. The number of carbonyl (C=O) groups is 1. The number of nitro benzene ring substituents is 1. The minimum atomic E-state index is -0.966. The number of ether oxygens (including phenoxy) is 8. The highest BCUT2D eigenvalue weighted by molar-refractivity contribution is 5.64. The summed E-state index contributed by atoms with van der Waals surface area (Å²) in [5, 5.41) is 10.7. The number of non-ortho nitro benzene ring substituents is 1. The van der Waals surface area contributed by atoms with Crippen LogP contribution in [0.25, 0.3) is 0 Å². The quantitative estimate of drug-likeness (QED) is 0.0982. The summed E-state index contributed by atoms with van der Waals surface area (Å²) in [5.74, 6) is 0.120. The number of nitro groups is 1. The van der Waals surface area contributed by atoms with Gasteiger partial charge in [-0.1, -0.05) is 0 Å². The zero-order valence-electron chi connectivity index (χ0n) is 18.4. The summed E-state index contributed by atoms with van der Waals surface area (Å²) < 4.78 is 41.7. The summed E-state index contributed by atoms with van der Waals surface area (Å²) in [6.07, 6.45) is -1.52. The molecule has 0 aliphatic heterocycles.